The van der Waals surface area contributed by atoms with E-state index in [2.05, 4.69) is 4.74 Å². The third-order valence-electron chi connectivity index (χ3n) is 1.61. The van der Waals surface area contributed by atoms with Gasteiger partial charge in [-0.25, -0.2) is 9.18 Å². The summed E-state index contributed by atoms with van der Waals surface area (Å²) in [6.45, 7) is 1.80. The van der Waals surface area contributed by atoms with E-state index < -0.39 is 11.8 Å². The molecule has 72 valence electrons. The summed E-state index contributed by atoms with van der Waals surface area (Å²) in [4.78, 5) is 11.2. The SMILES string of the molecule is CCOC(=O)c1cccc(C#N)c1F. The van der Waals surface area contributed by atoms with Gasteiger partial charge in [-0.1, -0.05) is 6.07 Å². The van der Waals surface area contributed by atoms with Crippen LogP contribution in [0.3, 0.4) is 0 Å². The monoisotopic (exact) mass is 193 g/mol. The first-order chi connectivity index (χ1) is 6.70. The number of ether oxygens (including phenoxy) is 1. The fourth-order valence-electron chi connectivity index (χ4n) is 0.985. The lowest BCUT2D eigenvalue weighted by atomic mass is 10.1. The lowest BCUT2D eigenvalue weighted by Crippen LogP contribution is -2.08. The van der Waals surface area contributed by atoms with Crippen LogP contribution in [0.1, 0.15) is 22.8 Å². The molecular weight excluding hydrogens is 185 g/mol. The van der Waals surface area contributed by atoms with Gasteiger partial charge in [-0.05, 0) is 19.1 Å². The van der Waals surface area contributed by atoms with Crippen molar-refractivity contribution in [3.05, 3.63) is 35.1 Å². The molecule has 0 saturated carbocycles. The topological polar surface area (TPSA) is 50.1 Å². The minimum Gasteiger partial charge on any atom is -0.462 e. The molecule has 0 aliphatic carbocycles. The van der Waals surface area contributed by atoms with Crippen LogP contribution in [0.2, 0.25) is 0 Å². The first-order valence-electron chi connectivity index (χ1n) is 4.06. The molecule has 0 aromatic heterocycles. The van der Waals surface area contributed by atoms with Crippen LogP contribution >= 0.6 is 0 Å². The minimum absolute atomic E-state index is 0.157. The van der Waals surface area contributed by atoms with Crippen LogP contribution in [0, 0.1) is 17.1 Å². The van der Waals surface area contributed by atoms with Crippen molar-refractivity contribution >= 4 is 5.97 Å². The van der Waals surface area contributed by atoms with Gasteiger partial charge in [0, 0.05) is 0 Å². The Morgan fingerprint density at radius 1 is 1.64 bits per heavy atom. The van der Waals surface area contributed by atoms with Crippen LogP contribution in [0.15, 0.2) is 18.2 Å². The van der Waals surface area contributed by atoms with E-state index >= 15 is 0 Å². The maximum atomic E-state index is 13.3. The highest BCUT2D eigenvalue weighted by molar-refractivity contribution is 5.90. The molecule has 14 heavy (non-hydrogen) atoms. The fraction of sp³-hybridized carbons (Fsp3) is 0.200. The largest absolute Gasteiger partial charge is 0.462 e. The Morgan fingerprint density at radius 3 is 2.93 bits per heavy atom. The highest BCUT2D eigenvalue weighted by Gasteiger charge is 2.15. The molecule has 0 atom stereocenters. The molecule has 1 aromatic rings. The quantitative estimate of drug-likeness (QED) is 0.673. The number of carbonyl (C=O) groups excluding carboxylic acids is 1. The zero-order valence-electron chi connectivity index (χ0n) is 7.58. The number of esters is 1. The van der Waals surface area contributed by atoms with Gasteiger partial charge in [0.05, 0.1) is 17.7 Å². The van der Waals surface area contributed by atoms with Gasteiger partial charge in [0.1, 0.15) is 6.07 Å². The van der Waals surface area contributed by atoms with E-state index in [-0.39, 0.29) is 17.7 Å². The highest BCUT2D eigenvalue weighted by Crippen LogP contribution is 2.12. The maximum Gasteiger partial charge on any atom is 0.341 e. The average molecular weight is 193 g/mol. The lowest BCUT2D eigenvalue weighted by molar-refractivity contribution is 0.0521. The molecule has 0 unspecified atom stereocenters. The van der Waals surface area contributed by atoms with Crippen molar-refractivity contribution < 1.29 is 13.9 Å². The van der Waals surface area contributed by atoms with Gasteiger partial charge in [-0.3, -0.25) is 0 Å². The second kappa shape index (κ2) is 4.38. The minimum atomic E-state index is -0.826. The Morgan fingerprint density at radius 2 is 2.36 bits per heavy atom. The van der Waals surface area contributed by atoms with E-state index in [1.807, 2.05) is 0 Å². The Kier molecular flexibility index (Phi) is 3.19. The number of nitriles is 1. The van der Waals surface area contributed by atoms with E-state index in [0.717, 1.165) is 0 Å². The van der Waals surface area contributed by atoms with Crippen molar-refractivity contribution in [3.8, 4) is 6.07 Å². The second-order valence-electron chi connectivity index (χ2n) is 2.50. The van der Waals surface area contributed by atoms with E-state index in [0.29, 0.717) is 0 Å². The average Bonchev–Trinajstić information content (AvgIpc) is 2.18. The Bertz CT molecular complexity index is 396. The van der Waals surface area contributed by atoms with E-state index in [1.54, 1.807) is 13.0 Å². The Hall–Kier alpha value is -1.89. The van der Waals surface area contributed by atoms with Crippen molar-refractivity contribution in [3.63, 3.8) is 0 Å². The molecule has 4 heteroatoms. The van der Waals surface area contributed by atoms with Gasteiger partial charge in [0.2, 0.25) is 0 Å². The summed E-state index contributed by atoms with van der Waals surface area (Å²) in [6.07, 6.45) is 0. The first-order valence-corrected chi connectivity index (χ1v) is 4.06. The molecule has 3 nitrogen and oxygen atoms in total. The van der Waals surface area contributed by atoms with E-state index in [1.165, 1.54) is 18.2 Å². The second-order valence-corrected chi connectivity index (χ2v) is 2.50. The molecule has 0 heterocycles. The Labute approximate surface area is 80.7 Å². The number of halogens is 1. The maximum absolute atomic E-state index is 13.3. The van der Waals surface area contributed by atoms with Crippen molar-refractivity contribution in [2.75, 3.05) is 6.61 Å². The van der Waals surface area contributed by atoms with Gasteiger partial charge in [0.15, 0.2) is 5.82 Å². The summed E-state index contributed by atoms with van der Waals surface area (Å²) in [7, 11) is 0. The van der Waals surface area contributed by atoms with Crippen molar-refractivity contribution in [1.29, 1.82) is 5.26 Å². The zero-order valence-corrected chi connectivity index (χ0v) is 7.58. The molecule has 0 aliphatic rings. The molecule has 1 aromatic carbocycles. The van der Waals surface area contributed by atoms with Crippen molar-refractivity contribution in [2.45, 2.75) is 6.92 Å². The molecule has 0 N–H and O–H groups in total. The van der Waals surface area contributed by atoms with Crippen LogP contribution in [0.4, 0.5) is 4.39 Å². The predicted molar refractivity (Wildman–Crippen MR) is 47.1 cm³/mol. The van der Waals surface area contributed by atoms with E-state index in [9.17, 15) is 9.18 Å². The summed E-state index contributed by atoms with van der Waals surface area (Å²) >= 11 is 0. The van der Waals surface area contributed by atoms with Gasteiger partial charge >= 0.3 is 5.97 Å². The smallest absolute Gasteiger partial charge is 0.341 e. The molecule has 0 radical (unpaired) electrons. The van der Waals surface area contributed by atoms with Gasteiger partial charge < -0.3 is 4.74 Å². The lowest BCUT2D eigenvalue weighted by Gasteiger charge is -2.03. The van der Waals surface area contributed by atoms with Crippen LogP contribution in [0.25, 0.3) is 0 Å². The van der Waals surface area contributed by atoms with Crippen LogP contribution in [-0.2, 0) is 4.74 Å². The van der Waals surface area contributed by atoms with Crippen LogP contribution in [-0.4, -0.2) is 12.6 Å². The zero-order chi connectivity index (χ0) is 10.6. The Balaban J connectivity index is 3.11. The van der Waals surface area contributed by atoms with Gasteiger partial charge in [-0.15, -0.1) is 0 Å². The normalized spacial score (nSPS) is 9.21. The van der Waals surface area contributed by atoms with E-state index in [4.69, 9.17) is 5.26 Å². The third kappa shape index (κ3) is 1.88. The molecule has 0 aliphatic heterocycles. The number of carbonyl (C=O) groups is 1. The predicted octanol–water partition coefficient (Wildman–Crippen LogP) is 1.87. The standard InChI is InChI=1S/C10H8FNO2/c1-2-14-10(13)8-5-3-4-7(6-12)9(8)11/h3-5H,2H2,1H3. The number of rotatable bonds is 2. The molecular formula is C10H8FNO2. The molecule has 0 spiro atoms. The molecule has 1 rings (SSSR count). The third-order valence-corrected chi connectivity index (χ3v) is 1.61. The molecule has 0 bridgehead atoms. The van der Waals surface area contributed by atoms with Crippen molar-refractivity contribution in [1.82, 2.24) is 0 Å². The number of hydrogen-bond acceptors (Lipinski definition) is 3. The highest BCUT2D eigenvalue weighted by atomic mass is 19.1. The van der Waals surface area contributed by atoms with Crippen LogP contribution in [0.5, 0.6) is 0 Å². The van der Waals surface area contributed by atoms with Crippen LogP contribution < -0.4 is 0 Å². The summed E-state index contributed by atoms with van der Waals surface area (Å²) in [5, 5.41) is 8.51. The number of benzene rings is 1. The number of hydrogen-bond donors (Lipinski definition) is 0. The fourth-order valence-corrected chi connectivity index (χ4v) is 0.985. The van der Waals surface area contributed by atoms with Gasteiger partial charge in [-0.2, -0.15) is 5.26 Å². The summed E-state index contributed by atoms with van der Waals surface area (Å²) in [6, 6.07) is 5.68. The summed E-state index contributed by atoms with van der Waals surface area (Å²) in [5.74, 6) is -1.57. The summed E-state index contributed by atoms with van der Waals surface area (Å²) < 4.78 is 17.9. The number of nitrogens with zero attached hydrogens (tertiary/aromatic N) is 1. The molecule has 0 amide bonds. The summed E-state index contributed by atoms with van der Waals surface area (Å²) in [5.41, 5.74) is -0.360. The molecule has 0 saturated heterocycles. The van der Waals surface area contributed by atoms with Crippen molar-refractivity contribution in [2.24, 2.45) is 0 Å². The molecule has 0 fully saturated rings. The first kappa shape index (κ1) is 10.2. The van der Waals surface area contributed by atoms with Gasteiger partial charge in [0.25, 0.3) is 0 Å².